The van der Waals surface area contributed by atoms with Crippen LogP contribution < -0.4 is 0 Å². The van der Waals surface area contributed by atoms with Gasteiger partial charge in [-0.2, -0.15) is 0 Å². The Hall–Kier alpha value is -5.78. The number of aromatic nitrogens is 3. The van der Waals surface area contributed by atoms with E-state index in [9.17, 15) is 0 Å². The number of rotatable bonds is 2. The van der Waals surface area contributed by atoms with Gasteiger partial charge in [-0.1, -0.05) is 54.6 Å². The van der Waals surface area contributed by atoms with Crippen LogP contribution in [0, 0.1) is 0 Å². The third-order valence-electron chi connectivity index (χ3n) is 9.51. The molecular formula is C40H23N3OS. The maximum Gasteiger partial charge on any atom is 0.145 e. The maximum atomic E-state index is 7.07. The number of nitrogens with zero attached hydrogens (tertiary/aromatic N) is 2. The van der Waals surface area contributed by atoms with E-state index in [0.717, 1.165) is 55.1 Å². The van der Waals surface area contributed by atoms with Crippen molar-refractivity contribution in [3.8, 4) is 11.4 Å². The number of para-hydroxylation sites is 3. The van der Waals surface area contributed by atoms with Gasteiger partial charge in [0.1, 0.15) is 11.2 Å². The Kier molecular flexibility index (Phi) is 4.43. The molecule has 5 heterocycles. The largest absolute Gasteiger partial charge is 0.455 e. The summed E-state index contributed by atoms with van der Waals surface area (Å²) in [4.78, 5) is 3.45. The quantitative estimate of drug-likeness (QED) is 0.213. The number of thiophene rings is 1. The number of hydrogen-bond donors (Lipinski definition) is 1. The summed E-state index contributed by atoms with van der Waals surface area (Å²) >= 11 is 1.83. The van der Waals surface area contributed by atoms with E-state index in [-0.39, 0.29) is 0 Å². The number of nitrogens with one attached hydrogen (secondary N) is 1. The zero-order valence-corrected chi connectivity index (χ0v) is 24.7. The van der Waals surface area contributed by atoms with Crippen molar-refractivity contribution in [2.24, 2.45) is 0 Å². The van der Waals surface area contributed by atoms with Crippen LogP contribution in [0.25, 0.3) is 97.2 Å². The van der Waals surface area contributed by atoms with Crippen LogP contribution in [-0.4, -0.2) is 14.1 Å². The first-order chi connectivity index (χ1) is 22.3. The van der Waals surface area contributed by atoms with Gasteiger partial charge in [-0.15, -0.1) is 11.3 Å². The Bertz CT molecular complexity index is 2980. The highest BCUT2D eigenvalue weighted by atomic mass is 32.1. The zero-order chi connectivity index (χ0) is 29.2. The number of benzene rings is 6. The lowest BCUT2D eigenvalue weighted by Gasteiger charge is -2.08. The highest BCUT2D eigenvalue weighted by Gasteiger charge is 2.22. The number of hydrogen-bond acceptors (Lipinski definition) is 2. The second kappa shape index (κ2) is 8.44. The Labute approximate surface area is 259 Å². The van der Waals surface area contributed by atoms with E-state index < -0.39 is 0 Å². The molecule has 0 radical (unpaired) electrons. The van der Waals surface area contributed by atoms with E-state index in [1.165, 1.54) is 42.1 Å². The van der Waals surface area contributed by atoms with Crippen molar-refractivity contribution >= 4 is 97.2 Å². The molecule has 0 aliphatic carbocycles. The molecule has 0 spiro atoms. The minimum atomic E-state index is 0.935. The molecule has 11 aromatic rings. The van der Waals surface area contributed by atoms with Gasteiger partial charge >= 0.3 is 0 Å². The second-order valence-electron chi connectivity index (χ2n) is 11.8. The summed E-state index contributed by atoms with van der Waals surface area (Å²) in [5.74, 6) is 0. The Morgan fingerprint density at radius 3 is 1.78 bits per heavy atom. The van der Waals surface area contributed by atoms with Crippen LogP contribution in [0.3, 0.4) is 0 Å². The number of H-pyrrole nitrogens is 1. The molecule has 0 aliphatic rings. The summed E-state index contributed by atoms with van der Waals surface area (Å²) in [5, 5.41) is 8.22. The zero-order valence-electron chi connectivity index (χ0n) is 23.9. The summed E-state index contributed by atoms with van der Waals surface area (Å²) in [6.07, 6.45) is 2.03. The third kappa shape index (κ3) is 3.00. The molecular weight excluding hydrogens is 571 g/mol. The molecule has 4 nitrogen and oxygen atoms in total. The fourth-order valence-corrected chi connectivity index (χ4v) is 8.69. The molecule has 0 atom stereocenters. The van der Waals surface area contributed by atoms with Gasteiger partial charge in [-0.25, -0.2) is 0 Å². The van der Waals surface area contributed by atoms with E-state index in [1.54, 1.807) is 0 Å². The van der Waals surface area contributed by atoms with Crippen LogP contribution in [0.4, 0.5) is 0 Å². The fraction of sp³-hybridized carbons (Fsp3) is 0. The summed E-state index contributed by atoms with van der Waals surface area (Å²) in [6, 6.07) is 45.9. The molecule has 0 saturated heterocycles. The minimum Gasteiger partial charge on any atom is -0.455 e. The summed E-state index contributed by atoms with van der Waals surface area (Å²) in [7, 11) is 0. The molecule has 210 valence electrons. The van der Waals surface area contributed by atoms with Crippen LogP contribution in [0.2, 0.25) is 0 Å². The first-order valence-corrected chi connectivity index (χ1v) is 16.0. The van der Waals surface area contributed by atoms with Crippen molar-refractivity contribution in [2.75, 3.05) is 0 Å². The van der Waals surface area contributed by atoms with Gasteiger partial charge in [0.2, 0.25) is 0 Å². The van der Waals surface area contributed by atoms with Gasteiger partial charge in [0, 0.05) is 49.2 Å². The lowest BCUT2D eigenvalue weighted by Crippen LogP contribution is -1.93. The van der Waals surface area contributed by atoms with E-state index in [4.69, 9.17) is 4.42 Å². The van der Waals surface area contributed by atoms with Crippen molar-refractivity contribution in [3.05, 3.63) is 134 Å². The van der Waals surface area contributed by atoms with E-state index in [1.807, 2.05) is 17.5 Å². The normalized spacial score (nSPS) is 12.4. The van der Waals surface area contributed by atoms with Crippen LogP contribution in [0.5, 0.6) is 0 Å². The molecule has 0 bridgehead atoms. The molecule has 6 aromatic carbocycles. The topological polar surface area (TPSA) is 38.8 Å². The van der Waals surface area contributed by atoms with Gasteiger partial charge in [-0.3, -0.25) is 0 Å². The van der Waals surface area contributed by atoms with Gasteiger partial charge in [0.25, 0.3) is 0 Å². The SMILES string of the molecule is c1ccc(-n2c3ccccc3c3c4oc5c(ccc6c5c5ccccc5n6-c5ccc6sc7cc[nH]c7c6c5)c4ccc32)cc1. The lowest BCUT2D eigenvalue weighted by atomic mass is 10.1. The van der Waals surface area contributed by atoms with E-state index in [2.05, 4.69) is 142 Å². The molecule has 45 heavy (non-hydrogen) atoms. The first kappa shape index (κ1) is 23.6. The Morgan fingerprint density at radius 2 is 1.09 bits per heavy atom. The molecule has 11 rings (SSSR count). The summed E-state index contributed by atoms with van der Waals surface area (Å²) < 4.78 is 14.4. The van der Waals surface area contributed by atoms with Crippen molar-refractivity contribution in [1.29, 1.82) is 0 Å². The molecule has 0 fully saturated rings. The molecule has 0 unspecified atom stereocenters. The third-order valence-corrected chi connectivity index (χ3v) is 10.6. The van der Waals surface area contributed by atoms with Crippen molar-refractivity contribution in [3.63, 3.8) is 0 Å². The first-order valence-electron chi connectivity index (χ1n) is 15.2. The molecule has 5 heteroatoms. The standard InChI is InChI=1S/C40H23N3OS/c1-2-8-23(9-3-1)42-30-12-6-4-10-27(30)36-32(42)17-15-25-26-16-18-33-37(40(26)44-39(25)36)28-11-5-7-13-31(28)43(33)24-14-19-34-29(22-24)38-35(45-34)20-21-41-38/h1-22,41H. The monoisotopic (exact) mass is 593 g/mol. The smallest absolute Gasteiger partial charge is 0.145 e. The van der Waals surface area contributed by atoms with Crippen molar-refractivity contribution in [1.82, 2.24) is 14.1 Å². The lowest BCUT2D eigenvalue weighted by molar-refractivity contribution is 0.677. The van der Waals surface area contributed by atoms with Crippen LogP contribution in [0.1, 0.15) is 0 Å². The predicted molar refractivity (Wildman–Crippen MR) is 190 cm³/mol. The molecule has 0 amide bonds. The van der Waals surface area contributed by atoms with E-state index in [0.29, 0.717) is 0 Å². The maximum absolute atomic E-state index is 7.07. The molecule has 5 aromatic heterocycles. The van der Waals surface area contributed by atoms with Gasteiger partial charge in [0.05, 0.1) is 43.1 Å². The summed E-state index contributed by atoms with van der Waals surface area (Å²) in [6.45, 7) is 0. The van der Waals surface area contributed by atoms with Gasteiger partial charge < -0.3 is 18.5 Å². The van der Waals surface area contributed by atoms with Gasteiger partial charge in [-0.05, 0) is 72.8 Å². The van der Waals surface area contributed by atoms with Crippen LogP contribution in [-0.2, 0) is 0 Å². The molecule has 0 saturated carbocycles. The Morgan fingerprint density at radius 1 is 0.467 bits per heavy atom. The Balaban J connectivity index is 1.26. The van der Waals surface area contributed by atoms with E-state index >= 15 is 0 Å². The van der Waals surface area contributed by atoms with Gasteiger partial charge in [0.15, 0.2) is 0 Å². The highest BCUT2D eigenvalue weighted by Crippen LogP contribution is 2.45. The van der Waals surface area contributed by atoms with Crippen molar-refractivity contribution < 1.29 is 4.42 Å². The number of fused-ring (bicyclic) bond motifs is 14. The highest BCUT2D eigenvalue weighted by molar-refractivity contribution is 7.25. The number of aromatic amines is 1. The average molecular weight is 594 g/mol. The average Bonchev–Trinajstić information content (AvgIpc) is 3.89. The molecule has 0 aliphatic heterocycles. The molecule has 1 N–H and O–H groups in total. The van der Waals surface area contributed by atoms with Crippen LogP contribution in [0.15, 0.2) is 138 Å². The summed E-state index contributed by atoms with van der Waals surface area (Å²) in [5.41, 5.74) is 10.00. The second-order valence-corrected chi connectivity index (χ2v) is 12.9. The minimum absolute atomic E-state index is 0.935. The fourth-order valence-electron chi connectivity index (χ4n) is 7.64. The predicted octanol–water partition coefficient (Wildman–Crippen LogP) is 11.5. The van der Waals surface area contributed by atoms with Crippen LogP contribution >= 0.6 is 11.3 Å². The number of furan rings is 1. The van der Waals surface area contributed by atoms with Crippen molar-refractivity contribution in [2.45, 2.75) is 0 Å².